The van der Waals surface area contributed by atoms with Crippen LogP contribution in [0.5, 0.6) is 0 Å². The van der Waals surface area contributed by atoms with Crippen molar-refractivity contribution >= 4 is 28.3 Å². The maximum atomic E-state index is 10.3. The van der Waals surface area contributed by atoms with Crippen LogP contribution in [-0.4, -0.2) is 17.3 Å². The van der Waals surface area contributed by atoms with Crippen LogP contribution in [0.2, 0.25) is 0 Å². The highest BCUT2D eigenvalue weighted by Gasteiger charge is 2.28. The molecule has 0 atom stereocenters. The zero-order valence-corrected chi connectivity index (χ0v) is 11.5. The molecule has 1 aliphatic rings. The van der Waals surface area contributed by atoms with Crippen molar-refractivity contribution in [3.8, 4) is 0 Å². The fourth-order valence-electron chi connectivity index (χ4n) is 2.25. The molecule has 3 heteroatoms. The van der Waals surface area contributed by atoms with E-state index in [1.165, 1.54) is 9.99 Å². The van der Waals surface area contributed by atoms with Gasteiger partial charge in [0.05, 0.1) is 5.60 Å². The van der Waals surface area contributed by atoms with Gasteiger partial charge in [0.25, 0.3) is 0 Å². The Labute approximate surface area is 111 Å². The number of hydrogen-bond acceptors (Lipinski definition) is 2. The summed E-state index contributed by atoms with van der Waals surface area (Å²) in [6.07, 6.45) is 5.45. The summed E-state index contributed by atoms with van der Waals surface area (Å²) >= 11 is 2.30. The van der Waals surface area contributed by atoms with E-state index in [1.54, 1.807) is 0 Å². The van der Waals surface area contributed by atoms with Gasteiger partial charge in [-0.1, -0.05) is 25.3 Å². The summed E-state index contributed by atoms with van der Waals surface area (Å²) in [4.78, 5) is 0. The van der Waals surface area contributed by atoms with Crippen LogP contribution in [0.25, 0.3) is 0 Å². The van der Waals surface area contributed by atoms with Crippen molar-refractivity contribution in [3.05, 3.63) is 27.8 Å². The van der Waals surface area contributed by atoms with Crippen LogP contribution < -0.4 is 5.32 Å². The summed E-state index contributed by atoms with van der Waals surface area (Å²) in [5.41, 5.74) is 0.616. The molecule has 0 radical (unpaired) electrons. The Morgan fingerprint density at radius 3 is 2.69 bits per heavy atom. The molecule has 2 rings (SSSR count). The smallest absolute Gasteiger partial charge is 0.0819 e. The van der Waals surface area contributed by atoms with Crippen molar-refractivity contribution in [2.45, 2.75) is 37.7 Å². The van der Waals surface area contributed by atoms with Gasteiger partial charge in [0.1, 0.15) is 0 Å². The molecule has 1 aromatic carbocycles. The van der Waals surface area contributed by atoms with Gasteiger partial charge in [0.2, 0.25) is 0 Å². The fourth-order valence-corrected chi connectivity index (χ4v) is 2.79. The minimum Gasteiger partial charge on any atom is -0.388 e. The topological polar surface area (TPSA) is 32.3 Å². The van der Waals surface area contributed by atoms with Crippen LogP contribution in [0.1, 0.15) is 32.1 Å². The first-order valence-electron chi connectivity index (χ1n) is 5.90. The first kappa shape index (κ1) is 12.2. The third kappa shape index (κ3) is 3.35. The van der Waals surface area contributed by atoms with Gasteiger partial charge in [-0.05, 0) is 53.6 Å². The third-order valence-electron chi connectivity index (χ3n) is 3.23. The molecule has 1 fully saturated rings. The normalized spacial score (nSPS) is 19.4. The number of rotatable bonds is 3. The highest BCUT2D eigenvalue weighted by atomic mass is 127. The molecule has 16 heavy (non-hydrogen) atoms. The molecule has 0 spiro atoms. The molecule has 0 amide bonds. The number of hydrogen-bond donors (Lipinski definition) is 2. The quantitative estimate of drug-likeness (QED) is 0.832. The summed E-state index contributed by atoms with van der Waals surface area (Å²) < 4.78 is 1.22. The van der Waals surface area contributed by atoms with E-state index in [2.05, 4.69) is 40.0 Å². The van der Waals surface area contributed by atoms with Gasteiger partial charge in [-0.15, -0.1) is 0 Å². The predicted molar refractivity (Wildman–Crippen MR) is 75.7 cm³/mol. The van der Waals surface area contributed by atoms with E-state index < -0.39 is 5.60 Å². The van der Waals surface area contributed by atoms with Gasteiger partial charge in [-0.3, -0.25) is 0 Å². The Bertz CT molecular complexity index is 348. The Balaban J connectivity index is 1.91. The summed E-state index contributed by atoms with van der Waals surface area (Å²) in [6.45, 7) is 0.674. The summed E-state index contributed by atoms with van der Waals surface area (Å²) in [7, 11) is 0. The predicted octanol–water partition coefficient (Wildman–Crippen LogP) is 3.40. The lowest BCUT2D eigenvalue weighted by atomic mass is 9.85. The van der Waals surface area contributed by atoms with Crippen LogP contribution in [0.4, 0.5) is 5.69 Å². The van der Waals surface area contributed by atoms with Crippen LogP contribution in [0.3, 0.4) is 0 Å². The molecule has 0 unspecified atom stereocenters. The van der Waals surface area contributed by atoms with E-state index in [-0.39, 0.29) is 0 Å². The van der Waals surface area contributed by atoms with Gasteiger partial charge >= 0.3 is 0 Å². The zero-order valence-electron chi connectivity index (χ0n) is 9.38. The average Bonchev–Trinajstić information content (AvgIpc) is 2.28. The van der Waals surface area contributed by atoms with Crippen LogP contribution >= 0.6 is 22.6 Å². The number of aliphatic hydroxyl groups is 1. The molecule has 0 aliphatic heterocycles. The van der Waals surface area contributed by atoms with E-state index in [0.29, 0.717) is 6.54 Å². The molecule has 1 aliphatic carbocycles. The van der Waals surface area contributed by atoms with E-state index in [1.807, 2.05) is 12.1 Å². The molecule has 1 aromatic rings. The molecule has 88 valence electrons. The van der Waals surface area contributed by atoms with E-state index in [0.717, 1.165) is 31.4 Å². The Morgan fingerprint density at radius 1 is 1.25 bits per heavy atom. The first-order chi connectivity index (χ1) is 7.68. The first-order valence-corrected chi connectivity index (χ1v) is 6.98. The summed E-state index contributed by atoms with van der Waals surface area (Å²) in [5.74, 6) is 0. The molecule has 0 bridgehead atoms. The minimum atomic E-state index is -0.487. The van der Waals surface area contributed by atoms with E-state index in [4.69, 9.17) is 0 Å². The summed E-state index contributed by atoms with van der Waals surface area (Å²) in [5, 5.41) is 13.7. The maximum Gasteiger partial charge on any atom is 0.0819 e. The fraction of sp³-hybridized carbons (Fsp3) is 0.538. The van der Waals surface area contributed by atoms with Gasteiger partial charge in [-0.2, -0.15) is 0 Å². The Morgan fingerprint density at radius 2 is 2.00 bits per heavy atom. The van der Waals surface area contributed by atoms with Crippen molar-refractivity contribution in [1.29, 1.82) is 0 Å². The minimum absolute atomic E-state index is 0.487. The number of halogens is 1. The molecule has 2 N–H and O–H groups in total. The van der Waals surface area contributed by atoms with E-state index >= 15 is 0 Å². The summed E-state index contributed by atoms with van der Waals surface area (Å²) in [6, 6.07) is 8.26. The van der Waals surface area contributed by atoms with Crippen molar-refractivity contribution in [2.75, 3.05) is 11.9 Å². The SMILES string of the molecule is OC1(CNc2cccc(I)c2)CCCCC1. The largest absolute Gasteiger partial charge is 0.388 e. The molecule has 2 nitrogen and oxygen atoms in total. The second kappa shape index (κ2) is 5.36. The molecule has 0 heterocycles. The van der Waals surface area contributed by atoms with Gasteiger partial charge in [0.15, 0.2) is 0 Å². The highest BCUT2D eigenvalue weighted by Crippen LogP contribution is 2.28. The van der Waals surface area contributed by atoms with Crippen LogP contribution in [0.15, 0.2) is 24.3 Å². The van der Waals surface area contributed by atoms with Crippen LogP contribution in [0, 0.1) is 3.57 Å². The standard InChI is InChI=1S/C13H18INO/c14-11-5-4-6-12(9-11)15-10-13(16)7-2-1-3-8-13/h4-6,9,15-16H,1-3,7-8,10H2. The second-order valence-electron chi connectivity index (χ2n) is 4.65. The van der Waals surface area contributed by atoms with Crippen molar-refractivity contribution in [1.82, 2.24) is 0 Å². The molecule has 1 saturated carbocycles. The highest BCUT2D eigenvalue weighted by molar-refractivity contribution is 14.1. The molecule has 0 aromatic heterocycles. The number of anilines is 1. The van der Waals surface area contributed by atoms with Gasteiger partial charge < -0.3 is 10.4 Å². The average molecular weight is 331 g/mol. The lowest BCUT2D eigenvalue weighted by molar-refractivity contribution is 0.0167. The zero-order chi connectivity index (χ0) is 11.4. The number of benzene rings is 1. The molecular formula is C13H18INO. The Hall–Kier alpha value is -0.290. The molecular weight excluding hydrogens is 313 g/mol. The van der Waals surface area contributed by atoms with Crippen LogP contribution in [-0.2, 0) is 0 Å². The maximum absolute atomic E-state index is 10.3. The van der Waals surface area contributed by atoms with Crippen molar-refractivity contribution in [3.63, 3.8) is 0 Å². The van der Waals surface area contributed by atoms with Gasteiger partial charge in [0, 0.05) is 15.8 Å². The lowest BCUT2D eigenvalue weighted by Crippen LogP contribution is -2.38. The third-order valence-corrected chi connectivity index (χ3v) is 3.90. The number of nitrogens with one attached hydrogen (secondary N) is 1. The van der Waals surface area contributed by atoms with E-state index in [9.17, 15) is 5.11 Å². The Kier molecular flexibility index (Phi) is 4.08. The second-order valence-corrected chi connectivity index (χ2v) is 5.89. The lowest BCUT2D eigenvalue weighted by Gasteiger charge is -2.32. The molecule has 0 saturated heterocycles. The van der Waals surface area contributed by atoms with Crippen molar-refractivity contribution in [2.24, 2.45) is 0 Å². The van der Waals surface area contributed by atoms with Crippen molar-refractivity contribution < 1.29 is 5.11 Å². The monoisotopic (exact) mass is 331 g/mol. The van der Waals surface area contributed by atoms with Gasteiger partial charge in [-0.25, -0.2) is 0 Å².